The van der Waals surface area contributed by atoms with E-state index in [1.165, 1.54) is 6.20 Å². The molecule has 0 unspecified atom stereocenters. The Kier molecular flexibility index (Phi) is 2.96. The largest absolute Gasteiger partial charge is 0.476 e. The number of aromatic carboxylic acids is 1. The summed E-state index contributed by atoms with van der Waals surface area (Å²) in [6.45, 7) is 0. The average molecular weight is 279 g/mol. The highest BCUT2D eigenvalue weighted by molar-refractivity contribution is 9.10. The Hall–Kier alpha value is -1.75. The first-order valence-electron chi connectivity index (χ1n) is 4.50. The zero-order valence-corrected chi connectivity index (χ0v) is 9.68. The first-order chi connectivity index (χ1) is 7.68. The first kappa shape index (κ1) is 10.8. The number of rotatable bonds is 2. The van der Waals surface area contributed by atoms with Gasteiger partial charge in [0.05, 0.1) is 4.47 Å². The van der Waals surface area contributed by atoms with Crippen LogP contribution in [0, 0.1) is 0 Å². The SMILES string of the molecule is O=C(O)c1nc(-c2ccccc2)ncc1Br. The van der Waals surface area contributed by atoms with E-state index in [-0.39, 0.29) is 5.69 Å². The molecule has 1 N–H and O–H groups in total. The van der Waals surface area contributed by atoms with E-state index in [4.69, 9.17) is 5.11 Å². The van der Waals surface area contributed by atoms with Gasteiger partial charge in [0.25, 0.3) is 0 Å². The van der Waals surface area contributed by atoms with Gasteiger partial charge in [0.2, 0.25) is 0 Å². The van der Waals surface area contributed by atoms with E-state index in [2.05, 4.69) is 25.9 Å². The Morgan fingerprint density at radius 3 is 2.56 bits per heavy atom. The lowest BCUT2D eigenvalue weighted by atomic mass is 10.2. The summed E-state index contributed by atoms with van der Waals surface area (Å²) in [6, 6.07) is 9.23. The summed E-state index contributed by atoms with van der Waals surface area (Å²) >= 11 is 3.10. The van der Waals surface area contributed by atoms with Crippen LogP contribution in [0.4, 0.5) is 0 Å². The minimum Gasteiger partial charge on any atom is -0.476 e. The first-order valence-corrected chi connectivity index (χ1v) is 5.29. The number of benzene rings is 1. The predicted molar refractivity (Wildman–Crippen MR) is 62.1 cm³/mol. The lowest BCUT2D eigenvalue weighted by Crippen LogP contribution is -2.04. The van der Waals surface area contributed by atoms with E-state index >= 15 is 0 Å². The monoisotopic (exact) mass is 278 g/mol. The van der Waals surface area contributed by atoms with Crippen molar-refractivity contribution in [2.45, 2.75) is 0 Å². The highest BCUT2D eigenvalue weighted by Crippen LogP contribution is 2.19. The fourth-order valence-electron chi connectivity index (χ4n) is 1.24. The minimum absolute atomic E-state index is 0.0335. The van der Waals surface area contributed by atoms with E-state index < -0.39 is 5.97 Å². The van der Waals surface area contributed by atoms with Crippen molar-refractivity contribution in [1.29, 1.82) is 0 Å². The Bertz CT molecular complexity index is 529. The highest BCUT2D eigenvalue weighted by Gasteiger charge is 2.12. The zero-order chi connectivity index (χ0) is 11.5. The number of carbonyl (C=O) groups is 1. The van der Waals surface area contributed by atoms with Gasteiger partial charge in [-0.2, -0.15) is 0 Å². The number of hydrogen-bond donors (Lipinski definition) is 1. The van der Waals surface area contributed by atoms with Crippen molar-refractivity contribution in [3.63, 3.8) is 0 Å². The van der Waals surface area contributed by atoms with E-state index in [0.29, 0.717) is 10.3 Å². The number of carboxylic acids is 1. The molecule has 0 aliphatic heterocycles. The van der Waals surface area contributed by atoms with Crippen LogP contribution in [0.5, 0.6) is 0 Å². The molecule has 0 atom stereocenters. The molecule has 0 fully saturated rings. The lowest BCUT2D eigenvalue weighted by Gasteiger charge is -2.02. The van der Waals surface area contributed by atoms with Crippen molar-refractivity contribution in [2.24, 2.45) is 0 Å². The summed E-state index contributed by atoms with van der Waals surface area (Å²) in [5, 5.41) is 8.92. The van der Waals surface area contributed by atoms with Crippen molar-refractivity contribution in [3.05, 3.63) is 46.7 Å². The van der Waals surface area contributed by atoms with Crippen molar-refractivity contribution in [3.8, 4) is 11.4 Å². The van der Waals surface area contributed by atoms with Gasteiger partial charge in [0, 0.05) is 11.8 Å². The Balaban J connectivity index is 2.52. The molecule has 2 aromatic rings. The number of nitrogens with zero attached hydrogens (tertiary/aromatic N) is 2. The zero-order valence-electron chi connectivity index (χ0n) is 8.09. The van der Waals surface area contributed by atoms with Crippen molar-refractivity contribution in [2.75, 3.05) is 0 Å². The summed E-state index contributed by atoms with van der Waals surface area (Å²) in [5.74, 6) is -0.673. The maximum Gasteiger partial charge on any atom is 0.355 e. The van der Waals surface area contributed by atoms with Gasteiger partial charge >= 0.3 is 5.97 Å². The second kappa shape index (κ2) is 4.40. The molecule has 4 nitrogen and oxygen atoms in total. The molecule has 0 saturated heterocycles. The highest BCUT2D eigenvalue weighted by atomic mass is 79.9. The molecular formula is C11H7BrN2O2. The molecule has 0 aliphatic carbocycles. The summed E-state index contributed by atoms with van der Waals surface area (Å²) in [6.07, 6.45) is 1.44. The van der Waals surface area contributed by atoms with Gasteiger partial charge in [-0.3, -0.25) is 0 Å². The standard InChI is InChI=1S/C11H7BrN2O2/c12-8-6-13-10(14-9(8)11(15)16)7-4-2-1-3-5-7/h1-6H,(H,15,16). The van der Waals surface area contributed by atoms with Gasteiger partial charge in [-0.25, -0.2) is 14.8 Å². The molecule has 0 aliphatic rings. The molecule has 0 radical (unpaired) electrons. The van der Waals surface area contributed by atoms with Crippen molar-refractivity contribution in [1.82, 2.24) is 9.97 Å². The average Bonchev–Trinajstić information content (AvgIpc) is 2.30. The third-order valence-electron chi connectivity index (χ3n) is 1.98. The van der Waals surface area contributed by atoms with Crippen LogP contribution >= 0.6 is 15.9 Å². The number of halogens is 1. The molecule has 1 heterocycles. The molecule has 1 aromatic carbocycles. The van der Waals surface area contributed by atoms with Crippen LogP contribution in [0.2, 0.25) is 0 Å². The fourth-order valence-corrected chi connectivity index (χ4v) is 1.60. The maximum absolute atomic E-state index is 10.9. The quantitative estimate of drug-likeness (QED) is 0.917. The molecule has 0 spiro atoms. The summed E-state index contributed by atoms with van der Waals surface area (Å²) in [5.41, 5.74) is 0.756. The Labute approximate surface area is 100 Å². The summed E-state index contributed by atoms with van der Waals surface area (Å²) in [7, 11) is 0. The second-order valence-corrected chi connectivity index (χ2v) is 3.92. The van der Waals surface area contributed by atoms with Crippen LogP contribution in [-0.2, 0) is 0 Å². The summed E-state index contributed by atoms with van der Waals surface area (Å²) < 4.78 is 0.375. The lowest BCUT2D eigenvalue weighted by molar-refractivity contribution is 0.0689. The van der Waals surface area contributed by atoms with Crippen LogP contribution in [0.25, 0.3) is 11.4 Å². The van der Waals surface area contributed by atoms with Gasteiger partial charge < -0.3 is 5.11 Å². The molecule has 1 aromatic heterocycles. The predicted octanol–water partition coefficient (Wildman–Crippen LogP) is 2.60. The maximum atomic E-state index is 10.9. The van der Waals surface area contributed by atoms with E-state index in [9.17, 15) is 4.79 Å². The van der Waals surface area contributed by atoms with E-state index in [1.54, 1.807) is 0 Å². The van der Waals surface area contributed by atoms with Crippen LogP contribution in [0.3, 0.4) is 0 Å². The van der Waals surface area contributed by atoms with Gasteiger partial charge in [-0.15, -0.1) is 0 Å². The third kappa shape index (κ3) is 2.09. The Morgan fingerprint density at radius 1 is 1.25 bits per heavy atom. The van der Waals surface area contributed by atoms with Crippen LogP contribution in [0.15, 0.2) is 41.0 Å². The topological polar surface area (TPSA) is 63.1 Å². The molecule has 16 heavy (non-hydrogen) atoms. The molecule has 0 saturated carbocycles. The normalized spacial score (nSPS) is 10.1. The third-order valence-corrected chi connectivity index (χ3v) is 2.56. The van der Waals surface area contributed by atoms with Crippen LogP contribution < -0.4 is 0 Å². The van der Waals surface area contributed by atoms with Crippen LogP contribution in [0.1, 0.15) is 10.5 Å². The van der Waals surface area contributed by atoms with Crippen LogP contribution in [-0.4, -0.2) is 21.0 Å². The van der Waals surface area contributed by atoms with Crippen molar-refractivity contribution >= 4 is 21.9 Å². The number of carboxylic acid groups (broad SMARTS) is 1. The summed E-state index contributed by atoms with van der Waals surface area (Å²) in [4.78, 5) is 18.9. The smallest absolute Gasteiger partial charge is 0.355 e. The minimum atomic E-state index is -1.08. The van der Waals surface area contributed by atoms with E-state index in [1.807, 2.05) is 30.3 Å². The van der Waals surface area contributed by atoms with Gasteiger partial charge in [-0.05, 0) is 15.9 Å². The molecule has 2 rings (SSSR count). The van der Waals surface area contributed by atoms with Gasteiger partial charge in [0.1, 0.15) is 0 Å². The van der Waals surface area contributed by atoms with Gasteiger partial charge in [0.15, 0.2) is 11.5 Å². The molecule has 0 bridgehead atoms. The molecular weight excluding hydrogens is 272 g/mol. The molecule has 0 amide bonds. The molecule has 80 valence electrons. The fraction of sp³-hybridized carbons (Fsp3) is 0. The second-order valence-electron chi connectivity index (χ2n) is 3.06. The van der Waals surface area contributed by atoms with E-state index in [0.717, 1.165) is 5.56 Å². The molecule has 5 heteroatoms. The van der Waals surface area contributed by atoms with Crippen molar-refractivity contribution < 1.29 is 9.90 Å². The number of hydrogen-bond acceptors (Lipinski definition) is 3. The van der Waals surface area contributed by atoms with Gasteiger partial charge in [-0.1, -0.05) is 30.3 Å². The number of aromatic nitrogens is 2. The Morgan fingerprint density at radius 2 is 1.94 bits per heavy atom.